The number of hydrogen-bond donors (Lipinski definition) is 3. The Labute approximate surface area is 118 Å². The van der Waals surface area contributed by atoms with Crippen molar-refractivity contribution in [1.82, 2.24) is 10.6 Å². The second-order valence-corrected chi connectivity index (χ2v) is 4.36. The van der Waals surface area contributed by atoms with E-state index in [-0.39, 0.29) is 12.5 Å². The topological polar surface area (TPSA) is 79.5 Å². The molecule has 0 aliphatic heterocycles. The van der Waals surface area contributed by atoms with Crippen LogP contribution in [0.1, 0.15) is 18.9 Å². The van der Waals surface area contributed by atoms with E-state index in [0.717, 1.165) is 12.0 Å². The third kappa shape index (κ3) is 5.17. The smallest absolute Gasteiger partial charge is 0.319 e. The van der Waals surface area contributed by atoms with Crippen molar-refractivity contribution >= 4 is 17.6 Å². The van der Waals surface area contributed by atoms with Crippen LogP contribution in [0.4, 0.5) is 10.5 Å². The predicted molar refractivity (Wildman–Crippen MR) is 78.1 cm³/mol. The molecule has 110 valence electrons. The number of nitrogens with one attached hydrogen (secondary N) is 3. The number of urea groups is 1. The van der Waals surface area contributed by atoms with E-state index in [1.54, 1.807) is 12.1 Å². The molecule has 0 aliphatic carbocycles. The Balaban J connectivity index is 2.50. The van der Waals surface area contributed by atoms with Crippen LogP contribution in [0.25, 0.3) is 0 Å². The van der Waals surface area contributed by atoms with Crippen LogP contribution in [-0.2, 0) is 4.79 Å². The zero-order valence-corrected chi connectivity index (χ0v) is 12.1. The molecule has 3 amide bonds. The second-order valence-electron chi connectivity index (χ2n) is 4.36. The number of aryl methyl sites for hydroxylation is 1. The maximum Gasteiger partial charge on any atom is 0.319 e. The number of ether oxygens (including phenoxy) is 1. The molecule has 20 heavy (non-hydrogen) atoms. The van der Waals surface area contributed by atoms with Gasteiger partial charge in [-0.2, -0.15) is 0 Å². The molecule has 3 N–H and O–H groups in total. The summed E-state index contributed by atoms with van der Waals surface area (Å²) in [7, 11) is 1.53. The van der Waals surface area contributed by atoms with E-state index >= 15 is 0 Å². The highest BCUT2D eigenvalue weighted by Gasteiger charge is 2.08. The molecule has 0 atom stereocenters. The second kappa shape index (κ2) is 8.04. The van der Waals surface area contributed by atoms with Gasteiger partial charge in [0.15, 0.2) is 0 Å². The van der Waals surface area contributed by atoms with E-state index in [1.165, 1.54) is 7.11 Å². The normalized spacial score (nSPS) is 9.75. The van der Waals surface area contributed by atoms with Crippen molar-refractivity contribution < 1.29 is 14.3 Å². The van der Waals surface area contributed by atoms with Gasteiger partial charge in [0.25, 0.3) is 0 Å². The highest BCUT2D eigenvalue weighted by molar-refractivity contribution is 5.93. The first-order valence-electron chi connectivity index (χ1n) is 6.53. The third-order valence-electron chi connectivity index (χ3n) is 2.58. The Morgan fingerprint density at radius 1 is 1.25 bits per heavy atom. The number of carbonyl (C=O) groups excluding carboxylic acids is 2. The van der Waals surface area contributed by atoms with Crippen LogP contribution >= 0.6 is 0 Å². The van der Waals surface area contributed by atoms with Gasteiger partial charge in [0.2, 0.25) is 5.91 Å². The van der Waals surface area contributed by atoms with E-state index in [9.17, 15) is 9.59 Å². The average Bonchev–Trinajstić information content (AvgIpc) is 2.43. The molecule has 0 spiro atoms. The summed E-state index contributed by atoms with van der Waals surface area (Å²) in [4.78, 5) is 23.1. The summed E-state index contributed by atoms with van der Waals surface area (Å²) in [6.07, 6.45) is 0.860. The van der Waals surface area contributed by atoms with Crippen LogP contribution < -0.4 is 20.7 Å². The number of methoxy groups -OCH3 is 1. The van der Waals surface area contributed by atoms with Crippen molar-refractivity contribution in [1.29, 1.82) is 0 Å². The van der Waals surface area contributed by atoms with Gasteiger partial charge in [0.05, 0.1) is 19.3 Å². The Morgan fingerprint density at radius 2 is 2.00 bits per heavy atom. The van der Waals surface area contributed by atoms with Gasteiger partial charge in [0, 0.05) is 6.54 Å². The van der Waals surface area contributed by atoms with Crippen LogP contribution in [0.5, 0.6) is 5.75 Å². The summed E-state index contributed by atoms with van der Waals surface area (Å²) in [5.74, 6) is 0.361. The Kier molecular flexibility index (Phi) is 6.36. The fourth-order valence-corrected chi connectivity index (χ4v) is 1.57. The van der Waals surface area contributed by atoms with Crippen molar-refractivity contribution in [3.8, 4) is 5.75 Å². The van der Waals surface area contributed by atoms with Crippen LogP contribution in [0.3, 0.4) is 0 Å². The molecule has 0 aromatic heterocycles. The molecular weight excluding hydrogens is 258 g/mol. The van der Waals surface area contributed by atoms with Crippen LogP contribution in [0.15, 0.2) is 18.2 Å². The maximum absolute atomic E-state index is 11.7. The Hall–Kier alpha value is -2.24. The van der Waals surface area contributed by atoms with Gasteiger partial charge in [-0.05, 0) is 31.0 Å². The minimum Gasteiger partial charge on any atom is -0.495 e. The molecule has 6 nitrogen and oxygen atoms in total. The van der Waals surface area contributed by atoms with Crippen molar-refractivity contribution in [2.75, 3.05) is 25.5 Å². The molecule has 0 heterocycles. The van der Waals surface area contributed by atoms with Gasteiger partial charge in [-0.15, -0.1) is 0 Å². The molecule has 0 fully saturated rings. The summed E-state index contributed by atoms with van der Waals surface area (Å²) in [5, 5.41) is 7.83. The molecule has 6 heteroatoms. The highest BCUT2D eigenvalue weighted by atomic mass is 16.5. The van der Waals surface area contributed by atoms with Gasteiger partial charge in [0.1, 0.15) is 5.75 Å². The van der Waals surface area contributed by atoms with E-state index < -0.39 is 6.03 Å². The van der Waals surface area contributed by atoms with Crippen LogP contribution in [0.2, 0.25) is 0 Å². The molecule has 1 rings (SSSR count). The fourth-order valence-electron chi connectivity index (χ4n) is 1.57. The minimum atomic E-state index is -0.444. The lowest BCUT2D eigenvalue weighted by molar-refractivity contribution is -0.120. The van der Waals surface area contributed by atoms with Crippen molar-refractivity contribution in [2.45, 2.75) is 20.3 Å². The number of carbonyl (C=O) groups is 2. The van der Waals surface area contributed by atoms with Crippen molar-refractivity contribution in [3.05, 3.63) is 23.8 Å². The standard InChI is InChI=1S/C14H21N3O3/c1-4-7-15-13(18)9-16-14(19)17-11-8-10(2)5-6-12(11)20-3/h5-6,8H,4,7,9H2,1-3H3,(H,15,18)(H2,16,17,19). The van der Waals surface area contributed by atoms with E-state index in [2.05, 4.69) is 16.0 Å². The summed E-state index contributed by atoms with van der Waals surface area (Å²) < 4.78 is 5.16. The summed E-state index contributed by atoms with van der Waals surface area (Å²) in [6.45, 7) is 4.43. The lowest BCUT2D eigenvalue weighted by Gasteiger charge is -2.12. The van der Waals surface area contributed by atoms with Gasteiger partial charge in [-0.25, -0.2) is 4.79 Å². The summed E-state index contributed by atoms with van der Waals surface area (Å²) in [5.41, 5.74) is 1.57. The third-order valence-corrected chi connectivity index (χ3v) is 2.58. The van der Waals surface area contributed by atoms with E-state index in [0.29, 0.717) is 18.0 Å². The quantitative estimate of drug-likeness (QED) is 0.741. The summed E-state index contributed by atoms with van der Waals surface area (Å²) >= 11 is 0. The van der Waals surface area contributed by atoms with E-state index in [4.69, 9.17) is 4.74 Å². The number of hydrogen-bond acceptors (Lipinski definition) is 3. The molecule has 0 bridgehead atoms. The maximum atomic E-state index is 11.7. The molecule has 1 aromatic rings. The first kappa shape index (κ1) is 15.8. The van der Waals surface area contributed by atoms with E-state index in [1.807, 2.05) is 19.9 Å². The zero-order valence-electron chi connectivity index (χ0n) is 12.1. The van der Waals surface area contributed by atoms with Crippen molar-refractivity contribution in [3.63, 3.8) is 0 Å². The Morgan fingerprint density at radius 3 is 2.65 bits per heavy atom. The number of amides is 3. The molecule has 0 radical (unpaired) electrons. The monoisotopic (exact) mass is 279 g/mol. The SMILES string of the molecule is CCCNC(=O)CNC(=O)Nc1cc(C)ccc1OC. The zero-order chi connectivity index (χ0) is 15.0. The average molecular weight is 279 g/mol. The first-order chi connectivity index (χ1) is 9.56. The molecule has 0 aliphatic rings. The number of rotatable bonds is 6. The molecule has 0 saturated heterocycles. The fraction of sp³-hybridized carbons (Fsp3) is 0.429. The van der Waals surface area contributed by atoms with Crippen LogP contribution in [0, 0.1) is 6.92 Å². The summed E-state index contributed by atoms with van der Waals surface area (Å²) in [6, 6.07) is 5.02. The lowest BCUT2D eigenvalue weighted by atomic mass is 10.2. The lowest BCUT2D eigenvalue weighted by Crippen LogP contribution is -2.39. The van der Waals surface area contributed by atoms with Gasteiger partial charge < -0.3 is 20.7 Å². The number of benzene rings is 1. The van der Waals surface area contributed by atoms with Crippen molar-refractivity contribution in [2.24, 2.45) is 0 Å². The molecule has 0 unspecified atom stereocenters. The minimum absolute atomic E-state index is 0.0556. The van der Waals surface area contributed by atoms with Gasteiger partial charge >= 0.3 is 6.03 Å². The molecule has 1 aromatic carbocycles. The van der Waals surface area contributed by atoms with Gasteiger partial charge in [-0.3, -0.25) is 4.79 Å². The highest BCUT2D eigenvalue weighted by Crippen LogP contribution is 2.24. The molecule has 0 saturated carbocycles. The molecular formula is C14H21N3O3. The first-order valence-corrected chi connectivity index (χ1v) is 6.53. The van der Waals surface area contributed by atoms with Gasteiger partial charge in [-0.1, -0.05) is 13.0 Å². The Bertz CT molecular complexity index is 475. The predicted octanol–water partition coefficient (Wildman–Crippen LogP) is 1.65. The largest absolute Gasteiger partial charge is 0.495 e. The number of anilines is 1. The van der Waals surface area contributed by atoms with Crippen LogP contribution in [-0.4, -0.2) is 32.1 Å².